The van der Waals surface area contributed by atoms with Gasteiger partial charge in [0, 0.05) is 25.2 Å². The monoisotopic (exact) mass is 393 g/mol. The van der Waals surface area contributed by atoms with Crippen molar-refractivity contribution in [2.45, 2.75) is 33.1 Å². The molecular weight excluding hydrogens is 366 g/mol. The van der Waals surface area contributed by atoms with Crippen molar-refractivity contribution in [3.05, 3.63) is 59.7 Å². The topological polar surface area (TPSA) is 78.5 Å². The summed E-state index contributed by atoms with van der Waals surface area (Å²) >= 11 is 0. The Bertz CT molecular complexity index is 910. The van der Waals surface area contributed by atoms with Crippen molar-refractivity contribution in [1.82, 2.24) is 5.32 Å². The first-order valence-corrected chi connectivity index (χ1v) is 10.1. The number of nitrogens with zero attached hydrogens (tertiary/aromatic N) is 1. The van der Waals surface area contributed by atoms with Crippen molar-refractivity contribution >= 4 is 29.1 Å². The van der Waals surface area contributed by atoms with Gasteiger partial charge in [-0.3, -0.25) is 14.4 Å². The average molecular weight is 393 g/mol. The Kier molecular flexibility index (Phi) is 6.65. The Hall–Kier alpha value is -3.15. The molecule has 1 aliphatic rings. The van der Waals surface area contributed by atoms with Crippen LogP contribution in [0.4, 0.5) is 11.4 Å². The molecule has 2 aromatic rings. The Morgan fingerprint density at radius 1 is 1.07 bits per heavy atom. The molecule has 2 aromatic carbocycles. The molecule has 152 valence electrons. The van der Waals surface area contributed by atoms with Crippen molar-refractivity contribution in [3.8, 4) is 0 Å². The van der Waals surface area contributed by atoms with Crippen molar-refractivity contribution in [3.63, 3.8) is 0 Å². The SMILES string of the molecule is CCCNC(=O)c1ccccc1NC(=O)C1CC(=O)N(c2ccccc2CC)C1. The van der Waals surface area contributed by atoms with Crippen LogP contribution in [0.15, 0.2) is 48.5 Å². The number of benzene rings is 2. The van der Waals surface area contributed by atoms with Gasteiger partial charge in [-0.1, -0.05) is 44.2 Å². The number of rotatable bonds is 7. The maximum Gasteiger partial charge on any atom is 0.253 e. The zero-order valence-electron chi connectivity index (χ0n) is 16.9. The molecule has 2 N–H and O–H groups in total. The zero-order valence-corrected chi connectivity index (χ0v) is 16.9. The summed E-state index contributed by atoms with van der Waals surface area (Å²) in [5, 5.41) is 5.68. The predicted octanol–water partition coefficient (Wildman–Crippen LogP) is 3.38. The molecule has 3 amide bonds. The normalized spacial score (nSPS) is 16.0. The molecule has 6 heteroatoms. The van der Waals surface area contributed by atoms with Crippen LogP contribution in [0, 0.1) is 5.92 Å². The first-order chi connectivity index (χ1) is 14.0. The number of nitrogens with one attached hydrogen (secondary N) is 2. The van der Waals surface area contributed by atoms with Gasteiger partial charge in [-0.05, 0) is 36.6 Å². The number of hydrogen-bond donors (Lipinski definition) is 2. The number of amides is 3. The molecule has 0 radical (unpaired) electrons. The fourth-order valence-corrected chi connectivity index (χ4v) is 3.55. The molecular formula is C23H27N3O3. The largest absolute Gasteiger partial charge is 0.352 e. The lowest BCUT2D eigenvalue weighted by atomic mass is 10.1. The molecule has 3 rings (SSSR count). The minimum Gasteiger partial charge on any atom is -0.352 e. The maximum atomic E-state index is 12.9. The molecule has 1 heterocycles. The third kappa shape index (κ3) is 4.65. The fraction of sp³-hybridized carbons (Fsp3) is 0.348. The number of hydrogen-bond acceptors (Lipinski definition) is 3. The summed E-state index contributed by atoms with van der Waals surface area (Å²) < 4.78 is 0. The molecule has 1 fully saturated rings. The van der Waals surface area contributed by atoms with Crippen LogP contribution in [0.1, 0.15) is 42.6 Å². The smallest absolute Gasteiger partial charge is 0.253 e. The van der Waals surface area contributed by atoms with E-state index < -0.39 is 5.92 Å². The molecule has 0 bridgehead atoms. The highest BCUT2D eigenvalue weighted by molar-refractivity contribution is 6.07. The van der Waals surface area contributed by atoms with Gasteiger partial charge in [0.05, 0.1) is 17.2 Å². The van der Waals surface area contributed by atoms with Gasteiger partial charge in [0.2, 0.25) is 11.8 Å². The van der Waals surface area contributed by atoms with Gasteiger partial charge in [0.25, 0.3) is 5.91 Å². The second-order valence-electron chi connectivity index (χ2n) is 7.18. The summed E-state index contributed by atoms with van der Waals surface area (Å²) in [5.74, 6) is -0.978. The van der Waals surface area contributed by atoms with Crippen molar-refractivity contribution in [1.29, 1.82) is 0 Å². The molecule has 0 spiro atoms. The quantitative estimate of drug-likeness (QED) is 0.757. The van der Waals surface area contributed by atoms with Crippen LogP contribution >= 0.6 is 0 Å². The maximum absolute atomic E-state index is 12.9. The number of carbonyl (C=O) groups is 3. The summed E-state index contributed by atoms with van der Waals surface area (Å²) in [4.78, 5) is 39.5. The molecule has 0 aromatic heterocycles. The predicted molar refractivity (Wildman–Crippen MR) is 114 cm³/mol. The van der Waals surface area contributed by atoms with Gasteiger partial charge < -0.3 is 15.5 Å². The number of aryl methyl sites for hydroxylation is 1. The second kappa shape index (κ2) is 9.37. The van der Waals surface area contributed by atoms with E-state index >= 15 is 0 Å². The van der Waals surface area contributed by atoms with Crippen LogP contribution in [0.3, 0.4) is 0 Å². The highest BCUT2D eigenvalue weighted by atomic mass is 16.2. The lowest BCUT2D eigenvalue weighted by Crippen LogP contribution is -2.30. The van der Waals surface area contributed by atoms with E-state index in [4.69, 9.17) is 0 Å². The van der Waals surface area contributed by atoms with Gasteiger partial charge in [0.1, 0.15) is 0 Å². The molecule has 29 heavy (non-hydrogen) atoms. The van der Waals surface area contributed by atoms with Crippen LogP contribution < -0.4 is 15.5 Å². The van der Waals surface area contributed by atoms with Crippen LogP contribution in [0.25, 0.3) is 0 Å². The molecule has 0 saturated carbocycles. The summed E-state index contributed by atoms with van der Waals surface area (Å²) in [6, 6.07) is 14.7. The van der Waals surface area contributed by atoms with E-state index in [-0.39, 0.29) is 24.1 Å². The molecule has 0 aliphatic carbocycles. The third-order valence-corrected chi connectivity index (χ3v) is 5.12. The highest BCUT2D eigenvalue weighted by Gasteiger charge is 2.36. The number of carbonyl (C=O) groups excluding carboxylic acids is 3. The average Bonchev–Trinajstić information content (AvgIpc) is 3.14. The van der Waals surface area contributed by atoms with Crippen LogP contribution in [-0.2, 0) is 16.0 Å². The molecule has 6 nitrogen and oxygen atoms in total. The van der Waals surface area contributed by atoms with E-state index in [1.165, 1.54) is 0 Å². The van der Waals surface area contributed by atoms with E-state index in [1.807, 2.05) is 38.1 Å². The van der Waals surface area contributed by atoms with Crippen LogP contribution in [-0.4, -0.2) is 30.8 Å². The Labute approximate surface area is 171 Å². The summed E-state index contributed by atoms with van der Waals surface area (Å²) in [6.07, 6.45) is 1.81. The lowest BCUT2D eigenvalue weighted by molar-refractivity contribution is -0.122. The molecule has 1 atom stereocenters. The van der Waals surface area contributed by atoms with Crippen LogP contribution in [0.2, 0.25) is 0 Å². The number of anilines is 2. The van der Waals surface area contributed by atoms with Crippen LogP contribution in [0.5, 0.6) is 0 Å². The Morgan fingerprint density at radius 3 is 2.55 bits per heavy atom. The standard InChI is InChI=1S/C23H27N3O3/c1-3-13-24-23(29)18-10-6-7-11-19(18)25-22(28)17-14-21(27)26(15-17)20-12-8-5-9-16(20)4-2/h5-12,17H,3-4,13-15H2,1-2H3,(H,24,29)(H,25,28). The lowest BCUT2D eigenvalue weighted by Gasteiger charge is -2.20. The van der Waals surface area contributed by atoms with Gasteiger partial charge >= 0.3 is 0 Å². The summed E-state index contributed by atoms with van der Waals surface area (Å²) in [6.45, 7) is 4.94. The van der Waals surface area contributed by atoms with Crippen molar-refractivity contribution in [2.75, 3.05) is 23.3 Å². The highest BCUT2D eigenvalue weighted by Crippen LogP contribution is 2.29. The third-order valence-electron chi connectivity index (χ3n) is 5.12. The second-order valence-corrected chi connectivity index (χ2v) is 7.18. The first-order valence-electron chi connectivity index (χ1n) is 10.1. The van der Waals surface area contributed by atoms with Gasteiger partial charge in [-0.2, -0.15) is 0 Å². The molecule has 1 saturated heterocycles. The van der Waals surface area contributed by atoms with E-state index in [1.54, 1.807) is 29.2 Å². The van der Waals surface area contributed by atoms with E-state index in [2.05, 4.69) is 10.6 Å². The summed E-state index contributed by atoms with van der Waals surface area (Å²) in [5.41, 5.74) is 2.84. The Balaban J connectivity index is 1.73. The van der Waals surface area contributed by atoms with Crippen molar-refractivity contribution < 1.29 is 14.4 Å². The van der Waals surface area contributed by atoms with E-state index in [9.17, 15) is 14.4 Å². The minimum atomic E-state index is -0.459. The van der Waals surface area contributed by atoms with Crippen molar-refractivity contribution in [2.24, 2.45) is 5.92 Å². The number of para-hydroxylation sites is 2. The minimum absolute atomic E-state index is 0.0555. The molecule has 1 unspecified atom stereocenters. The summed E-state index contributed by atoms with van der Waals surface area (Å²) in [7, 11) is 0. The fourth-order valence-electron chi connectivity index (χ4n) is 3.55. The molecule has 1 aliphatic heterocycles. The van der Waals surface area contributed by atoms with Gasteiger partial charge in [0.15, 0.2) is 0 Å². The van der Waals surface area contributed by atoms with Gasteiger partial charge in [-0.25, -0.2) is 0 Å². The van der Waals surface area contributed by atoms with Gasteiger partial charge in [-0.15, -0.1) is 0 Å². The Morgan fingerprint density at radius 2 is 1.79 bits per heavy atom. The zero-order chi connectivity index (χ0) is 20.8. The first kappa shape index (κ1) is 20.6. The van der Waals surface area contributed by atoms with E-state index in [0.29, 0.717) is 24.3 Å². The van der Waals surface area contributed by atoms with E-state index in [0.717, 1.165) is 24.1 Å².